The number of hydrogen-bond donors (Lipinski definition) is 1. The third-order valence-corrected chi connectivity index (χ3v) is 5.59. The van der Waals surface area contributed by atoms with Gasteiger partial charge in [-0.15, -0.1) is 0 Å². The summed E-state index contributed by atoms with van der Waals surface area (Å²) in [6.07, 6.45) is 1.02. The highest BCUT2D eigenvalue weighted by Gasteiger charge is 2.24. The molecule has 0 unspecified atom stereocenters. The first-order valence-electron chi connectivity index (χ1n) is 9.62. The van der Waals surface area contributed by atoms with Gasteiger partial charge >= 0.3 is 0 Å². The quantitative estimate of drug-likeness (QED) is 0.525. The molecule has 3 rings (SSSR count). The van der Waals surface area contributed by atoms with Crippen molar-refractivity contribution in [3.63, 3.8) is 0 Å². The number of carbonyl (C=O) groups is 1. The highest BCUT2D eigenvalue weighted by atomic mass is 32.2. The van der Waals surface area contributed by atoms with E-state index in [2.05, 4.69) is 5.32 Å². The maximum atomic E-state index is 12.7. The van der Waals surface area contributed by atoms with Crippen LogP contribution in [0.5, 0.6) is 23.0 Å². The number of nitrogens with zero attached hydrogens (tertiary/aromatic N) is 1. The number of sulfonamides is 1. The molecule has 32 heavy (non-hydrogen) atoms. The molecule has 168 valence electrons. The fourth-order valence-corrected chi connectivity index (χ4v) is 3.79. The van der Waals surface area contributed by atoms with Gasteiger partial charge in [0, 0.05) is 11.8 Å². The predicted molar refractivity (Wildman–Crippen MR) is 123 cm³/mol. The minimum absolute atomic E-state index is 0.205. The number of methoxy groups -OCH3 is 2. The summed E-state index contributed by atoms with van der Waals surface area (Å²) >= 11 is 0. The van der Waals surface area contributed by atoms with Gasteiger partial charge in [-0.3, -0.25) is 9.10 Å². The molecule has 9 heteroatoms. The van der Waals surface area contributed by atoms with E-state index in [0.29, 0.717) is 28.7 Å². The Morgan fingerprint density at radius 3 is 2.09 bits per heavy atom. The van der Waals surface area contributed by atoms with Crippen LogP contribution in [0.2, 0.25) is 0 Å². The van der Waals surface area contributed by atoms with E-state index >= 15 is 0 Å². The van der Waals surface area contributed by atoms with E-state index in [1.54, 1.807) is 36.4 Å². The molecule has 0 aliphatic heterocycles. The van der Waals surface area contributed by atoms with Gasteiger partial charge in [0.2, 0.25) is 15.9 Å². The smallest absolute Gasteiger partial charge is 0.245 e. The van der Waals surface area contributed by atoms with Gasteiger partial charge in [-0.1, -0.05) is 18.2 Å². The van der Waals surface area contributed by atoms with Gasteiger partial charge in [-0.2, -0.15) is 0 Å². The van der Waals surface area contributed by atoms with E-state index in [1.807, 2.05) is 30.3 Å². The summed E-state index contributed by atoms with van der Waals surface area (Å²) in [5.74, 6) is 1.51. The highest BCUT2D eigenvalue weighted by molar-refractivity contribution is 7.92. The Kier molecular flexibility index (Phi) is 7.21. The normalized spacial score (nSPS) is 10.8. The molecule has 3 aromatic carbocycles. The number of ether oxygens (including phenoxy) is 3. The minimum atomic E-state index is -3.79. The molecule has 0 aliphatic carbocycles. The van der Waals surface area contributed by atoms with Crippen LogP contribution in [0.15, 0.2) is 72.8 Å². The summed E-state index contributed by atoms with van der Waals surface area (Å²) in [6.45, 7) is -0.440. The van der Waals surface area contributed by atoms with Crippen molar-refractivity contribution >= 4 is 27.3 Å². The number of amides is 1. The topological polar surface area (TPSA) is 94.2 Å². The van der Waals surface area contributed by atoms with E-state index < -0.39 is 22.5 Å². The molecule has 0 spiro atoms. The van der Waals surface area contributed by atoms with Crippen LogP contribution in [0.25, 0.3) is 0 Å². The molecule has 0 fully saturated rings. The van der Waals surface area contributed by atoms with E-state index in [1.165, 1.54) is 20.3 Å². The Morgan fingerprint density at radius 2 is 1.50 bits per heavy atom. The van der Waals surface area contributed by atoms with E-state index in [-0.39, 0.29) is 5.69 Å². The van der Waals surface area contributed by atoms with Crippen LogP contribution in [0, 0.1) is 0 Å². The number of carbonyl (C=O) groups excluding carboxylic acids is 1. The SMILES string of the molecule is COc1ccc(OC)c(N(CC(=O)Nc2ccc(Oc3ccccc3)cc2)S(C)(=O)=O)c1. The van der Waals surface area contributed by atoms with Crippen LogP contribution in [0.1, 0.15) is 0 Å². The van der Waals surface area contributed by atoms with Crippen LogP contribution in [0.3, 0.4) is 0 Å². The van der Waals surface area contributed by atoms with Gasteiger partial charge in [0.1, 0.15) is 29.5 Å². The maximum Gasteiger partial charge on any atom is 0.245 e. The first-order valence-corrected chi connectivity index (χ1v) is 11.5. The second-order valence-electron chi connectivity index (χ2n) is 6.80. The van der Waals surface area contributed by atoms with Crippen molar-refractivity contribution in [2.75, 3.05) is 36.6 Å². The average Bonchev–Trinajstić information content (AvgIpc) is 2.78. The number of anilines is 2. The molecule has 0 saturated carbocycles. The molecule has 3 aromatic rings. The van der Waals surface area contributed by atoms with Crippen molar-refractivity contribution in [2.45, 2.75) is 0 Å². The second-order valence-corrected chi connectivity index (χ2v) is 8.70. The zero-order valence-corrected chi connectivity index (χ0v) is 18.8. The summed E-state index contributed by atoms with van der Waals surface area (Å²) in [5, 5.41) is 2.70. The van der Waals surface area contributed by atoms with Gasteiger partial charge < -0.3 is 19.5 Å². The molecule has 0 atom stereocenters. The maximum absolute atomic E-state index is 12.7. The van der Waals surface area contributed by atoms with Crippen molar-refractivity contribution in [3.8, 4) is 23.0 Å². The van der Waals surface area contributed by atoms with Crippen LogP contribution in [-0.2, 0) is 14.8 Å². The summed E-state index contributed by atoms with van der Waals surface area (Å²) in [4.78, 5) is 12.7. The highest BCUT2D eigenvalue weighted by Crippen LogP contribution is 2.33. The van der Waals surface area contributed by atoms with Crippen LogP contribution in [0.4, 0.5) is 11.4 Å². The van der Waals surface area contributed by atoms with Gasteiger partial charge in [0.15, 0.2) is 0 Å². The Hall–Kier alpha value is -3.72. The molecule has 0 aromatic heterocycles. The van der Waals surface area contributed by atoms with Crippen molar-refractivity contribution in [3.05, 3.63) is 72.8 Å². The third-order valence-electron chi connectivity index (χ3n) is 4.46. The molecule has 0 aliphatic rings. The number of rotatable bonds is 9. The zero-order valence-electron chi connectivity index (χ0n) is 17.9. The largest absolute Gasteiger partial charge is 0.497 e. The van der Waals surface area contributed by atoms with Crippen molar-refractivity contribution in [2.24, 2.45) is 0 Å². The number of hydrogen-bond acceptors (Lipinski definition) is 6. The van der Waals surface area contributed by atoms with Gasteiger partial charge in [-0.05, 0) is 48.5 Å². The number of nitrogens with one attached hydrogen (secondary N) is 1. The van der Waals surface area contributed by atoms with Gasteiger partial charge in [-0.25, -0.2) is 8.42 Å². The fraction of sp³-hybridized carbons (Fsp3) is 0.174. The van der Waals surface area contributed by atoms with Crippen LogP contribution >= 0.6 is 0 Å². The van der Waals surface area contributed by atoms with Crippen molar-refractivity contribution < 1.29 is 27.4 Å². The summed E-state index contributed by atoms with van der Waals surface area (Å²) < 4.78 is 42.0. The molecular weight excluding hydrogens is 432 g/mol. The molecule has 0 radical (unpaired) electrons. The lowest BCUT2D eigenvalue weighted by atomic mass is 10.2. The molecule has 8 nitrogen and oxygen atoms in total. The first kappa shape index (κ1) is 23.0. The molecule has 0 saturated heterocycles. The zero-order chi connectivity index (χ0) is 23.1. The summed E-state index contributed by atoms with van der Waals surface area (Å²) in [5.41, 5.74) is 0.706. The molecule has 1 N–H and O–H groups in total. The number of benzene rings is 3. The Balaban J connectivity index is 1.74. The standard InChI is InChI=1S/C23H24N2O6S/c1-29-20-13-14-22(30-2)21(15-20)25(32(3,27)28)16-23(26)24-17-9-11-19(12-10-17)31-18-7-5-4-6-8-18/h4-15H,16H2,1-3H3,(H,24,26). The molecule has 0 heterocycles. The van der Waals surface area contributed by atoms with E-state index in [4.69, 9.17) is 14.2 Å². The van der Waals surface area contributed by atoms with Gasteiger partial charge in [0.05, 0.1) is 26.2 Å². The number of para-hydroxylation sites is 1. The lowest BCUT2D eigenvalue weighted by Gasteiger charge is -2.24. The second kappa shape index (κ2) is 10.1. The third kappa shape index (κ3) is 5.92. The fourth-order valence-electron chi connectivity index (χ4n) is 2.93. The predicted octanol–water partition coefficient (Wildman–Crippen LogP) is 3.90. The van der Waals surface area contributed by atoms with Crippen LogP contribution < -0.4 is 23.8 Å². The Labute approximate surface area is 187 Å². The summed E-state index contributed by atoms with van der Waals surface area (Å²) in [6, 6.07) is 20.8. The molecule has 0 bridgehead atoms. The minimum Gasteiger partial charge on any atom is -0.497 e. The van der Waals surface area contributed by atoms with E-state index in [0.717, 1.165) is 10.6 Å². The van der Waals surface area contributed by atoms with Crippen LogP contribution in [-0.4, -0.2) is 41.3 Å². The monoisotopic (exact) mass is 456 g/mol. The lowest BCUT2D eigenvalue weighted by Crippen LogP contribution is -2.37. The first-order chi connectivity index (χ1) is 15.3. The van der Waals surface area contributed by atoms with E-state index in [9.17, 15) is 13.2 Å². The lowest BCUT2D eigenvalue weighted by molar-refractivity contribution is -0.114. The molecule has 1 amide bonds. The molecular formula is C23H24N2O6S. The van der Waals surface area contributed by atoms with Gasteiger partial charge in [0.25, 0.3) is 0 Å². The summed E-state index contributed by atoms with van der Waals surface area (Å²) in [7, 11) is -0.899. The Morgan fingerprint density at radius 1 is 0.875 bits per heavy atom. The van der Waals surface area contributed by atoms with Crippen molar-refractivity contribution in [1.82, 2.24) is 0 Å². The average molecular weight is 457 g/mol. The Bertz CT molecular complexity index is 1160. The van der Waals surface area contributed by atoms with Crippen molar-refractivity contribution in [1.29, 1.82) is 0 Å².